The topological polar surface area (TPSA) is 99.9 Å². The summed E-state index contributed by atoms with van der Waals surface area (Å²) in [5, 5.41) is 9.57. The summed E-state index contributed by atoms with van der Waals surface area (Å²) >= 11 is 0. The Morgan fingerprint density at radius 1 is 0.944 bits per heavy atom. The molecule has 0 spiro atoms. The third-order valence-corrected chi connectivity index (χ3v) is 5.39. The summed E-state index contributed by atoms with van der Waals surface area (Å²) in [6, 6.07) is 15.0. The quantitative estimate of drug-likeness (QED) is 0.392. The van der Waals surface area contributed by atoms with Crippen LogP contribution in [0.25, 0.3) is 22.2 Å². The highest BCUT2D eigenvalue weighted by Crippen LogP contribution is 2.29. The van der Waals surface area contributed by atoms with Gasteiger partial charge in [-0.25, -0.2) is 9.78 Å². The molecule has 4 rings (SSSR count). The van der Waals surface area contributed by atoms with Gasteiger partial charge in [-0.15, -0.1) is 13.2 Å². The summed E-state index contributed by atoms with van der Waals surface area (Å²) < 4.78 is 53.1. The van der Waals surface area contributed by atoms with Gasteiger partial charge in [0.15, 0.2) is 0 Å². The van der Waals surface area contributed by atoms with Crippen molar-refractivity contribution in [2.24, 2.45) is 0 Å². The van der Waals surface area contributed by atoms with Gasteiger partial charge in [0.1, 0.15) is 17.2 Å². The molecular formula is C25H19F3N2O6. The molecule has 0 unspecified atom stereocenters. The average Bonchev–Trinajstić information content (AvgIpc) is 2.84. The van der Waals surface area contributed by atoms with Gasteiger partial charge >= 0.3 is 12.3 Å². The molecule has 0 aliphatic carbocycles. The Hall–Kier alpha value is -4.54. The highest BCUT2D eigenvalue weighted by atomic mass is 19.4. The molecule has 4 aromatic rings. The summed E-state index contributed by atoms with van der Waals surface area (Å²) in [5.41, 5.74) is 0.817. The highest BCUT2D eigenvalue weighted by Gasteiger charge is 2.31. The Balaban J connectivity index is 1.80. The molecule has 3 aromatic carbocycles. The molecule has 1 aromatic heterocycles. The van der Waals surface area contributed by atoms with Crippen LogP contribution in [0, 0.1) is 0 Å². The maximum atomic E-state index is 13.0. The minimum absolute atomic E-state index is 0.00583. The first kappa shape index (κ1) is 24.6. The molecule has 0 radical (unpaired) electrons. The zero-order chi connectivity index (χ0) is 26.0. The normalized spacial score (nSPS) is 11.4. The first-order valence-corrected chi connectivity index (χ1v) is 10.4. The van der Waals surface area contributed by atoms with Gasteiger partial charge in [-0.1, -0.05) is 18.2 Å². The van der Waals surface area contributed by atoms with Gasteiger partial charge in [0.25, 0.3) is 5.56 Å². The van der Waals surface area contributed by atoms with Gasteiger partial charge in [0.05, 0.1) is 31.8 Å². The molecule has 0 aliphatic rings. The Morgan fingerprint density at radius 3 is 2.22 bits per heavy atom. The fraction of sp³-hybridized carbons (Fsp3) is 0.160. The predicted molar refractivity (Wildman–Crippen MR) is 124 cm³/mol. The number of hydrogen-bond acceptors (Lipinski definition) is 6. The second kappa shape index (κ2) is 9.61. The molecule has 0 bridgehead atoms. The maximum absolute atomic E-state index is 13.0. The molecule has 0 saturated heterocycles. The number of aromatic carboxylic acids is 1. The number of aromatic nitrogens is 2. The molecule has 0 aliphatic heterocycles. The SMILES string of the molecule is COc1ccc(Cn2c(=O)c(C(=O)O)nc3cc(-c4ccc(OC(F)(F)F)cc4)ccc32)c(OC)c1. The van der Waals surface area contributed by atoms with Crippen LogP contribution in [0.1, 0.15) is 16.1 Å². The van der Waals surface area contributed by atoms with Crippen molar-refractivity contribution >= 4 is 17.0 Å². The van der Waals surface area contributed by atoms with Crippen molar-refractivity contribution in [2.75, 3.05) is 14.2 Å². The van der Waals surface area contributed by atoms with Crippen LogP contribution in [0.5, 0.6) is 17.2 Å². The summed E-state index contributed by atoms with van der Waals surface area (Å²) in [4.78, 5) is 28.8. The molecule has 0 amide bonds. The van der Waals surface area contributed by atoms with Crippen LogP contribution in [0.2, 0.25) is 0 Å². The van der Waals surface area contributed by atoms with Gasteiger partial charge in [-0.2, -0.15) is 0 Å². The van der Waals surface area contributed by atoms with Crippen LogP contribution in [0.4, 0.5) is 13.2 Å². The number of rotatable bonds is 7. The van der Waals surface area contributed by atoms with E-state index < -0.39 is 23.6 Å². The molecule has 8 nitrogen and oxygen atoms in total. The van der Waals surface area contributed by atoms with Crippen molar-refractivity contribution in [3.63, 3.8) is 0 Å². The van der Waals surface area contributed by atoms with E-state index in [2.05, 4.69) is 9.72 Å². The van der Waals surface area contributed by atoms with Gasteiger partial charge in [-0.05, 0) is 47.5 Å². The van der Waals surface area contributed by atoms with E-state index in [-0.39, 0.29) is 17.8 Å². The Kier molecular flexibility index (Phi) is 6.56. The molecule has 1 N–H and O–H groups in total. The van der Waals surface area contributed by atoms with Gasteiger partial charge in [-0.3, -0.25) is 4.79 Å². The lowest BCUT2D eigenvalue weighted by Gasteiger charge is -2.15. The zero-order valence-corrected chi connectivity index (χ0v) is 19.0. The Bertz CT molecular complexity index is 1500. The van der Waals surface area contributed by atoms with E-state index in [1.165, 1.54) is 43.1 Å². The molecule has 0 atom stereocenters. The molecule has 0 fully saturated rings. The molecule has 11 heteroatoms. The minimum Gasteiger partial charge on any atom is -0.497 e. The molecular weight excluding hydrogens is 481 g/mol. The standard InChI is InChI=1S/C25H19F3N2O6/c1-34-18-9-5-16(21(12-18)35-2)13-30-20-10-6-15(11-19(20)29-22(23(30)31)24(32)33)14-3-7-17(8-4-14)36-25(26,27)28/h3-12H,13H2,1-2H3,(H,32,33). The first-order valence-electron chi connectivity index (χ1n) is 10.4. The van der Waals surface area contributed by atoms with E-state index in [1.54, 1.807) is 36.4 Å². The number of carboxylic acid groups (broad SMARTS) is 1. The van der Waals surface area contributed by atoms with Crippen molar-refractivity contribution in [3.8, 4) is 28.4 Å². The number of hydrogen-bond donors (Lipinski definition) is 1. The number of carboxylic acids is 1. The largest absolute Gasteiger partial charge is 0.573 e. The van der Waals surface area contributed by atoms with E-state index in [4.69, 9.17) is 9.47 Å². The third-order valence-electron chi connectivity index (χ3n) is 5.39. The summed E-state index contributed by atoms with van der Waals surface area (Å²) in [6.07, 6.45) is -4.81. The van der Waals surface area contributed by atoms with Crippen LogP contribution in [0.15, 0.2) is 65.5 Å². The smallest absolute Gasteiger partial charge is 0.497 e. The summed E-state index contributed by atoms with van der Waals surface area (Å²) in [6.45, 7) is -0.00583. The second-order valence-electron chi connectivity index (χ2n) is 7.61. The number of ether oxygens (including phenoxy) is 3. The van der Waals surface area contributed by atoms with Crippen LogP contribution >= 0.6 is 0 Å². The van der Waals surface area contributed by atoms with Gasteiger partial charge in [0.2, 0.25) is 5.69 Å². The minimum atomic E-state index is -4.81. The van der Waals surface area contributed by atoms with Crippen molar-refractivity contribution in [1.82, 2.24) is 9.55 Å². The van der Waals surface area contributed by atoms with Crippen molar-refractivity contribution in [1.29, 1.82) is 0 Å². The number of nitrogens with zero attached hydrogens (tertiary/aromatic N) is 2. The van der Waals surface area contributed by atoms with E-state index in [0.717, 1.165) is 0 Å². The summed E-state index contributed by atoms with van der Waals surface area (Å²) in [5.74, 6) is -0.872. The van der Waals surface area contributed by atoms with Crippen LogP contribution in [-0.2, 0) is 6.54 Å². The second-order valence-corrected chi connectivity index (χ2v) is 7.61. The van der Waals surface area contributed by atoms with E-state index in [0.29, 0.717) is 33.7 Å². The zero-order valence-electron chi connectivity index (χ0n) is 19.0. The Morgan fingerprint density at radius 2 is 1.61 bits per heavy atom. The van der Waals surface area contributed by atoms with Crippen LogP contribution in [0.3, 0.4) is 0 Å². The lowest BCUT2D eigenvalue weighted by molar-refractivity contribution is -0.274. The highest BCUT2D eigenvalue weighted by molar-refractivity contribution is 5.89. The monoisotopic (exact) mass is 500 g/mol. The van der Waals surface area contributed by atoms with E-state index in [1.807, 2.05) is 0 Å². The number of carbonyl (C=O) groups is 1. The fourth-order valence-corrected chi connectivity index (χ4v) is 3.72. The number of halogens is 3. The molecule has 186 valence electrons. The fourth-order valence-electron chi connectivity index (χ4n) is 3.72. The number of fused-ring (bicyclic) bond motifs is 1. The number of methoxy groups -OCH3 is 2. The predicted octanol–water partition coefficient (Wildman–Crippen LogP) is 4.73. The summed E-state index contributed by atoms with van der Waals surface area (Å²) in [7, 11) is 2.97. The van der Waals surface area contributed by atoms with E-state index >= 15 is 0 Å². The third kappa shape index (κ3) is 5.09. The van der Waals surface area contributed by atoms with E-state index in [9.17, 15) is 27.9 Å². The molecule has 1 heterocycles. The molecule has 0 saturated carbocycles. The lowest BCUT2D eigenvalue weighted by Crippen LogP contribution is -2.29. The van der Waals surface area contributed by atoms with Gasteiger partial charge in [0, 0.05) is 11.6 Å². The lowest BCUT2D eigenvalue weighted by atomic mass is 10.0. The van der Waals surface area contributed by atoms with Gasteiger partial charge < -0.3 is 23.9 Å². The van der Waals surface area contributed by atoms with Crippen LogP contribution in [-0.4, -0.2) is 41.2 Å². The van der Waals surface area contributed by atoms with Crippen molar-refractivity contribution < 1.29 is 37.3 Å². The van der Waals surface area contributed by atoms with Crippen molar-refractivity contribution in [3.05, 3.63) is 82.3 Å². The number of alkyl halides is 3. The van der Waals surface area contributed by atoms with Crippen molar-refractivity contribution in [2.45, 2.75) is 12.9 Å². The maximum Gasteiger partial charge on any atom is 0.573 e. The number of benzene rings is 3. The molecule has 36 heavy (non-hydrogen) atoms. The van der Waals surface area contributed by atoms with Crippen LogP contribution < -0.4 is 19.8 Å². The first-order chi connectivity index (χ1) is 17.1. The average molecular weight is 500 g/mol. The Labute approximate surface area is 202 Å².